The molecule has 0 aliphatic heterocycles. The van der Waals surface area contributed by atoms with Crippen molar-refractivity contribution in [1.82, 2.24) is 5.32 Å². The molecule has 3 aromatic rings. The Balaban J connectivity index is 1.59. The molecule has 0 aliphatic carbocycles. The highest BCUT2D eigenvalue weighted by atomic mass is 35.5. The molecule has 0 aromatic heterocycles. The lowest BCUT2D eigenvalue weighted by Gasteiger charge is -2.08. The lowest BCUT2D eigenvalue weighted by molar-refractivity contribution is -0.117. The first-order chi connectivity index (χ1) is 14.5. The number of benzene rings is 3. The Morgan fingerprint density at radius 3 is 2.37 bits per heavy atom. The van der Waals surface area contributed by atoms with Crippen molar-refractivity contribution in [2.45, 2.75) is 13.2 Å². The fourth-order valence-electron chi connectivity index (χ4n) is 2.65. The van der Waals surface area contributed by atoms with Gasteiger partial charge in [-0.05, 0) is 47.0 Å². The lowest BCUT2D eigenvalue weighted by Crippen LogP contribution is -2.23. The van der Waals surface area contributed by atoms with Crippen LogP contribution in [0.15, 0.2) is 78.4 Å². The second-order valence-electron chi connectivity index (χ2n) is 6.44. The number of carbonyl (C=O) groups excluding carboxylic acids is 1. The number of rotatable bonds is 7. The van der Waals surface area contributed by atoms with Crippen LogP contribution in [0.2, 0.25) is 10.0 Å². The van der Waals surface area contributed by atoms with Crippen molar-refractivity contribution in [2.24, 2.45) is 0 Å². The van der Waals surface area contributed by atoms with Crippen molar-refractivity contribution in [3.05, 3.63) is 105 Å². The summed E-state index contributed by atoms with van der Waals surface area (Å²) in [4.78, 5) is 12.3. The third-order valence-electron chi connectivity index (χ3n) is 4.24. The van der Waals surface area contributed by atoms with Crippen LogP contribution < -0.4 is 10.1 Å². The molecule has 0 saturated heterocycles. The maximum atomic E-state index is 12.3. The summed E-state index contributed by atoms with van der Waals surface area (Å²) in [6.45, 7) is 0.706. The van der Waals surface area contributed by atoms with E-state index in [0.717, 1.165) is 16.7 Å². The smallest absolute Gasteiger partial charge is 0.262 e. The maximum absolute atomic E-state index is 12.3. The van der Waals surface area contributed by atoms with Crippen molar-refractivity contribution in [1.29, 1.82) is 5.26 Å². The monoisotopic (exact) mass is 436 g/mol. The summed E-state index contributed by atoms with van der Waals surface area (Å²) in [5.41, 5.74) is 2.63. The summed E-state index contributed by atoms with van der Waals surface area (Å²) in [6, 6.07) is 23.9. The topological polar surface area (TPSA) is 62.1 Å². The number of hydrogen-bond donors (Lipinski definition) is 1. The van der Waals surface area contributed by atoms with Crippen molar-refractivity contribution in [3.8, 4) is 11.8 Å². The van der Waals surface area contributed by atoms with Crippen LogP contribution in [-0.2, 0) is 17.9 Å². The minimum absolute atomic E-state index is 0.0374. The number of nitrogens with zero attached hydrogens (tertiary/aromatic N) is 1. The molecule has 0 spiro atoms. The lowest BCUT2D eigenvalue weighted by atomic mass is 10.1. The number of nitriles is 1. The van der Waals surface area contributed by atoms with Gasteiger partial charge in [-0.1, -0.05) is 71.7 Å². The molecule has 0 heterocycles. The standard InChI is InChI=1S/C24H18Cl2N2O2/c25-22-11-8-19(13-23(22)26)16-30-21-9-6-17(7-10-21)12-20(14-27)24(29)28-15-18-4-2-1-3-5-18/h1-13H,15-16H2,(H,28,29)/b20-12+. The summed E-state index contributed by atoms with van der Waals surface area (Å²) in [7, 11) is 0. The molecule has 150 valence electrons. The third kappa shape index (κ3) is 6.12. The zero-order valence-corrected chi connectivity index (χ0v) is 17.5. The normalized spacial score (nSPS) is 10.9. The minimum Gasteiger partial charge on any atom is -0.489 e. The van der Waals surface area contributed by atoms with E-state index in [1.807, 2.05) is 42.5 Å². The van der Waals surface area contributed by atoms with Crippen molar-refractivity contribution >= 4 is 35.2 Å². The van der Waals surface area contributed by atoms with Crippen LogP contribution in [0, 0.1) is 11.3 Å². The first kappa shape index (κ1) is 21.4. The third-order valence-corrected chi connectivity index (χ3v) is 4.98. The van der Waals surface area contributed by atoms with Crippen LogP contribution >= 0.6 is 23.2 Å². The Morgan fingerprint density at radius 2 is 1.70 bits per heavy atom. The summed E-state index contributed by atoms with van der Waals surface area (Å²) < 4.78 is 5.74. The molecule has 0 fully saturated rings. The SMILES string of the molecule is N#C/C(=C\c1ccc(OCc2ccc(Cl)c(Cl)c2)cc1)C(=O)NCc1ccccc1. The van der Waals surface area contributed by atoms with Crippen LogP contribution in [0.25, 0.3) is 6.08 Å². The van der Waals surface area contributed by atoms with Crippen molar-refractivity contribution in [2.75, 3.05) is 0 Å². The fourth-order valence-corrected chi connectivity index (χ4v) is 2.97. The van der Waals surface area contributed by atoms with Gasteiger partial charge in [-0.25, -0.2) is 0 Å². The van der Waals surface area contributed by atoms with Gasteiger partial charge in [0, 0.05) is 6.54 Å². The Morgan fingerprint density at radius 1 is 0.967 bits per heavy atom. The molecular formula is C24H18Cl2N2O2. The first-order valence-electron chi connectivity index (χ1n) is 9.16. The highest BCUT2D eigenvalue weighted by Gasteiger charge is 2.09. The number of nitrogens with one attached hydrogen (secondary N) is 1. The molecule has 30 heavy (non-hydrogen) atoms. The average molecular weight is 437 g/mol. The van der Waals surface area contributed by atoms with E-state index in [9.17, 15) is 10.1 Å². The van der Waals surface area contributed by atoms with Gasteiger partial charge in [0.25, 0.3) is 5.91 Å². The van der Waals surface area contributed by atoms with Gasteiger partial charge in [-0.3, -0.25) is 4.79 Å². The molecule has 0 unspecified atom stereocenters. The van der Waals surface area contributed by atoms with E-state index in [4.69, 9.17) is 27.9 Å². The zero-order valence-electron chi connectivity index (χ0n) is 15.9. The summed E-state index contributed by atoms with van der Waals surface area (Å²) >= 11 is 11.9. The van der Waals surface area contributed by atoms with Crippen LogP contribution in [-0.4, -0.2) is 5.91 Å². The number of carbonyl (C=O) groups is 1. The number of halogens is 2. The second kappa shape index (κ2) is 10.5. The van der Waals surface area contributed by atoms with Gasteiger partial charge in [0.1, 0.15) is 24.0 Å². The molecular weight excluding hydrogens is 419 g/mol. The van der Waals surface area contributed by atoms with Crippen molar-refractivity contribution < 1.29 is 9.53 Å². The molecule has 0 atom stereocenters. The molecule has 4 nitrogen and oxygen atoms in total. The van der Waals surface area contributed by atoms with Crippen molar-refractivity contribution in [3.63, 3.8) is 0 Å². The minimum atomic E-state index is -0.415. The van der Waals surface area contributed by atoms with Gasteiger partial charge >= 0.3 is 0 Å². The van der Waals surface area contributed by atoms with E-state index in [1.165, 1.54) is 0 Å². The first-order valence-corrected chi connectivity index (χ1v) is 9.91. The largest absolute Gasteiger partial charge is 0.489 e. The van der Waals surface area contributed by atoms with Gasteiger partial charge in [0.15, 0.2) is 0 Å². The number of amides is 1. The van der Waals surface area contributed by atoms with Gasteiger partial charge in [-0.2, -0.15) is 5.26 Å². The van der Waals surface area contributed by atoms with Crippen LogP contribution in [0.1, 0.15) is 16.7 Å². The zero-order chi connectivity index (χ0) is 21.3. The molecule has 0 saturated carbocycles. The van der Waals surface area contributed by atoms with Crippen LogP contribution in [0.3, 0.4) is 0 Å². The highest BCUT2D eigenvalue weighted by molar-refractivity contribution is 6.42. The molecule has 0 aliphatic rings. The van der Waals surface area contributed by atoms with Gasteiger partial charge < -0.3 is 10.1 Å². The highest BCUT2D eigenvalue weighted by Crippen LogP contribution is 2.23. The Hall–Kier alpha value is -3.26. The van der Waals surface area contributed by atoms with E-state index in [2.05, 4.69) is 5.32 Å². The maximum Gasteiger partial charge on any atom is 0.262 e. The van der Waals surface area contributed by atoms with Gasteiger partial charge in [-0.15, -0.1) is 0 Å². The fraction of sp³-hybridized carbons (Fsp3) is 0.0833. The van der Waals surface area contributed by atoms with E-state index in [-0.39, 0.29) is 5.57 Å². The van der Waals surface area contributed by atoms with E-state index in [0.29, 0.717) is 28.9 Å². The molecule has 3 aromatic carbocycles. The van der Waals surface area contributed by atoms with Crippen LogP contribution in [0.5, 0.6) is 5.75 Å². The summed E-state index contributed by atoms with van der Waals surface area (Å²) in [5, 5.41) is 13.1. The Bertz CT molecular complexity index is 1090. The molecule has 0 radical (unpaired) electrons. The average Bonchev–Trinajstić information content (AvgIpc) is 2.78. The molecule has 3 rings (SSSR count). The quantitative estimate of drug-likeness (QED) is 0.376. The molecule has 1 amide bonds. The van der Waals surface area contributed by atoms with Gasteiger partial charge in [0.2, 0.25) is 0 Å². The Kier molecular flexibility index (Phi) is 7.51. The number of ether oxygens (including phenoxy) is 1. The van der Waals surface area contributed by atoms with Crippen LogP contribution in [0.4, 0.5) is 0 Å². The predicted octanol–water partition coefficient (Wildman–Crippen LogP) is 5.80. The molecule has 1 N–H and O–H groups in total. The summed E-state index contributed by atoms with van der Waals surface area (Å²) in [6.07, 6.45) is 1.54. The molecule has 0 bridgehead atoms. The van der Waals surface area contributed by atoms with E-state index < -0.39 is 5.91 Å². The molecule has 6 heteroatoms. The van der Waals surface area contributed by atoms with E-state index >= 15 is 0 Å². The predicted molar refractivity (Wildman–Crippen MR) is 119 cm³/mol. The Labute approximate surface area is 185 Å². The second-order valence-corrected chi connectivity index (χ2v) is 7.26. The van der Waals surface area contributed by atoms with E-state index in [1.54, 1.807) is 42.5 Å². The number of hydrogen-bond acceptors (Lipinski definition) is 3. The summed E-state index contributed by atoms with van der Waals surface area (Å²) in [5.74, 6) is 0.242. The van der Waals surface area contributed by atoms with Gasteiger partial charge in [0.05, 0.1) is 10.0 Å².